The Morgan fingerprint density at radius 3 is 2.44 bits per heavy atom. The van der Waals surface area contributed by atoms with Crippen LogP contribution < -0.4 is 20.1 Å². The van der Waals surface area contributed by atoms with Crippen molar-refractivity contribution in [1.29, 1.82) is 0 Å². The van der Waals surface area contributed by atoms with Crippen LogP contribution >= 0.6 is 0 Å². The van der Waals surface area contributed by atoms with Crippen LogP contribution in [0.3, 0.4) is 0 Å². The van der Waals surface area contributed by atoms with Crippen LogP contribution in [0, 0.1) is 0 Å². The fraction of sp³-hybridized carbons (Fsp3) is 0.276. The highest BCUT2D eigenvalue weighted by molar-refractivity contribution is 6.01. The molecule has 34 heavy (non-hydrogen) atoms. The predicted molar refractivity (Wildman–Crippen MR) is 136 cm³/mol. The van der Waals surface area contributed by atoms with Gasteiger partial charge in [-0.2, -0.15) is 0 Å². The first-order valence-electron chi connectivity index (χ1n) is 11.9. The lowest BCUT2D eigenvalue weighted by Gasteiger charge is -2.30. The summed E-state index contributed by atoms with van der Waals surface area (Å²) in [5, 5.41) is 7.24. The lowest BCUT2D eigenvalue weighted by molar-refractivity contribution is -0.116. The number of Topliss-reactive ketones (excluding diaryl/α,β-unsaturated/α-hetero) is 1. The van der Waals surface area contributed by atoms with Gasteiger partial charge >= 0.3 is 0 Å². The Balaban J connectivity index is 1.53. The van der Waals surface area contributed by atoms with E-state index in [1.165, 1.54) is 0 Å². The van der Waals surface area contributed by atoms with E-state index in [1.807, 2.05) is 42.5 Å². The van der Waals surface area contributed by atoms with Crippen LogP contribution in [-0.4, -0.2) is 19.5 Å². The van der Waals surface area contributed by atoms with Gasteiger partial charge in [-0.15, -0.1) is 0 Å². The summed E-state index contributed by atoms with van der Waals surface area (Å²) in [6, 6.07) is 24.0. The van der Waals surface area contributed by atoms with Crippen molar-refractivity contribution in [1.82, 2.24) is 0 Å². The third kappa shape index (κ3) is 4.38. The Morgan fingerprint density at radius 1 is 0.882 bits per heavy atom. The largest absolute Gasteiger partial charge is 0.497 e. The Kier molecular flexibility index (Phi) is 6.26. The highest BCUT2D eigenvalue weighted by Gasteiger charge is 2.36. The molecule has 5 heteroatoms. The minimum absolute atomic E-state index is 0.101. The zero-order valence-electron chi connectivity index (χ0n) is 19.6. The van der Waals surface area contributed by atoms with E-state index in [9.17, 15) is 4.79 Å². The monoisotopic (exact) mass is 454 g/mol. The number of hydrogen-bond acceptors (Lipinski definition) is 5. The first-order valence-corrected chi connectivity index (χ1v) is 11.9. The first-order chi connectivity index (χ1) is 16.7. The standard InChI is InChI=1S/C29H30N2O3/c1-3-15-34-22-13-11-19(12-14-22)29-28-26(30-24-9-4-5-10-25(24)31-29)17-21(18-27(28)32)20-7-6-8-23(16-20)33-2/h4-14,16,21,29-31H,3,15,17-18H2,1-2H3/t21-,29-/m0/s1. The van der Waals surface area contributed by atoms with Crippen molar-refractivity contribution < 1.29 is 14.3 Å². The predicted octanol–water partition coefficient (Wildman–Crippen LogP) is 6.46. The third-order valence-electron chi connectivity index (χ3n) is 6.56. The molecule has 2 aliphatic rings. The zero-order valence-corrected chi connectivity index (χ0v) is 19.6. The van der Waals surface area contributed by atoms with Crippen LogP contribution in [0.2, 0.25) is 0 Å². The summed E-state index contributed by atoms with van der Waals surface area (Å²) in [6.07, 6.45) is 2.20. The summed E-state index contributed by atoms with van der Waals surface area (Å²) in [7, 11) is 1.67. The molecule has 2 N–H and O–H groups in total. The Hall–Kier alpha value is -3.73. The van der Waals surface area contributed by atoms with E-state index >= 15 is 0 Å². The van der Waals surface area contributed by atoms with Crippen molar-refractivity contribution in [2.45, 2.75) is 38.1 Å². The summed E-state index contributed by atoms with van der Waals surface area (Å²) < 4.78 is 11.2. The van der Waals surface area contributed by atoms with E-state index in [2.05, 4.69) is 47.9 Å². The zero-order chi connectivity index (χ0) is 23.5. The maximum Gasteiger partial charge on any atom is 0.163 e. The Labute approximate surface area is 200 Å². The smallest absolute Gasteiger partial charge is 0.163 e. The van der Waals surface area contributed by atoms with Crippen LogP contribution in [0.1, 0.15) is 49.3 Å². The molecule has 0 amide bonds. The fourth-order valence-corrected chi connectivity index (χ4v) is 4.85. The van der Waals surface area contributed by atoms with Gasteiger partial charge in [-0.3, -0.25) is 4.79 Å². The van der Waals surface area contributed by atoms with E-state index in [1.54, 1.807) is 7.11 Å². The quantitative estimate of drug-likeness (QED) is 0.447. The van der Waals surface area contributed by atoms with Crippen LogP contribution in [0.4, 0.5) is 11.4 Å². The lowest BCUT2D eigenvalue weighted by Crippen LogP contribution is -2.26. The highest BCUT2D eigenvalue weighted by Crippen LogP contribution is 2.44. The van der Waals surface area contributed by atoms with E-state index in [0.29, 0.717) is 13.0 Å². The molecule has 0 unspecified atom stereocenters. The molecule has 0 saturated heterocycles. The topological polar surface area (TPSA) is 59.6 Å². The van der Waals surface area contributed by atoms with Gasteiger partial charge in [-0.25, -0.2) is 0 Å². The minimum atomic E-state index is -0.231. The number of benzene rings is 3. The molecule has 0 aromatic heterocycles. The van der Waals surface area contributed by atoms with Gasteiger partial charge in [-0.05, 0) is 66.3 Å². The van der Waals surface area contributed by atoms with Crippen molar-refractivity contribution >= 4 is 17.2 Å². The molecule has 0 fully saturated rings. The molecular formula is C29H30N2O3. The second kappa shape index (κ2) is 9.64. The molecule has 2 atom stereocenters. The minimum Gasteiger partial charge on any atom is -0.497 e. The van der Waals surface area contributed by atoms with Gasteiger partial charge in [0.15, 0.2) is 5.78 Å². The number of carbonyl (C=O) groups is 1. The highest BCUT2D eigenvalue weighted by atomic mass is 16.5. The molecule has 0 spiro atoms. The summed E-state index contributed by atoms with van der Waals surface area (Å²) in [4.78, 5) is 13.7. The van der Waals surface area contributed by atoms with Crippen LogP contribution in [0.25, 0.3) is 0 Å². The molecular weight excluding hydrogens is 424 g/mol. The van der Waals surface area contributed by atoms with Crippen molar-refractivity contribution in [2.24, 2.45) is 0 Å². The molecule has 5 nitrogen and oxygen atoms in total. The van der Waals surface area contributed by atoms with Crippen LogP contribution in [-0.2, 0) is 4.79 Å². The van der Waals surface area contributed by atoms with E-state index in [-0.39, 0.29) is 17.7 Å². The molecule has 1 aliphatic heterocycles. The molecule has 0 saturated carbocycles. The Morgan fingerprint density at radius 2 is 1.68 bits per heavy atom. The second-order valence-electron chi connectivity index (χ2n) is 8.86. The SMILES string of the molecule is CCCOc1ccc([C@@H]2Nc3ccccc3NC3=C2C(=O)C[C@@H](c2cccc(OC)c2)C3)cc1. The molecule has 3 aromatic rings. The van der Waals surface area contributed by atoms with Gasteiger partial charge in [0.05, 0.1) is 31.1 Å². The van der Waals surface area contributed by atoms with E-state index in [0.717, 1.165) is 58.1 Å². The van der Waals surface area contributed by atoms with Gasteiger partial charge in [-0.1, -0.05) is 43.3 Å². The number of nitrogens with one attached hydrogen (secondary N) is 2. The van der Waals surface area contributed by atoms with Crippen molar-refractivity contribution in [3.63, 3.8) is 0 Å². The van der Waals surface area contributed by atoms with Crippen molar-refractivity contribution in [3.05, 3.63) is 95.2 Å². The number of para-hydroxylation sites is 2. The maximum atomic E-state index is 13.7. The number of hydrogen-bond donors (Lipinski definition) is 2. The number of methoxy groups -OCH3 is 1. The summed E-state index contributed by atoms with van der Waals surface area (Å²) in [5.41, 5.74) is 5.94. The summed E-state index contributed by atoms with van der Waals surface area (Å²) in [6.45, 7) is 2.79. The Bertz CT molecular complexity index is 1220. The van der Waals surface area contributed by atoms with Gasteiger partial charge in [0.1, 0.15) is 11.5 Å². The van der Waals surface area contributed by atoms with Gasteiger partial charge in [0, 0.05) is 17.7 Å². The normalized spacial score (nSPS) is 19.3. The molecule has 1 aliphatic carbocycles. The summed E-state index contributed by atoms with van der Waals surface area (Å²) in [5.74, 6) is 1.93. The van der Waals surface area contributed by atoms with Gasteiger partial charge in [0.2, 0.25) is 0 Å². The summed E-state index contributed by atoms with van der Waals surface area (Å²) >= 11 is 0. The number of anilines is 2. The first kappa shape index (κ1) is 22.1. The third-order valence-corrected chi connectivity index (χ3v) is 6.56. The molecule has 0 bridgehead atoms. The average Bonchev–Trinajstić information content (AvgIpc) is 3.04. The van der Waals surface area contributed by atoms with Crippen LogP contribution in [0.5, 0.6) is 11.5 Å². The molecule has 3 aromatic carbocycles. The molecule has 174 valence electrons. The number of ether oxygens (including phenoxy) is 2. The average molecular weight is 455 g/mol. The van der Waals surface area contributed by atoms with Gasteiger partial charge in [0.25, 0.3) is 0 Å². The molecule has 0 radical (unpaired) electrons. The number of ketones is 1. The number of rotatable bonds is 6. The molecule has 5 rings (SSSR count). The van der Waals surface area contributed by atoms with Crippen molar-refractivity contribution in [3.8, 4) is 11.5 Å². The van der Waals surface area contributed by atoms with Crippen LogP contribution in [0.15, 0.2) is 84.1 Å². The number of fused-ring (bicyclic) bond motifs is 1. The van der Waals surface area contributed by atoms with Gasteiger partial charge < -0.3 is 20.1 Å². The number of allylic oxidation sites excluding steroid dienone is 1. The lowest BCUT2D eigenvalue weighted by atomic mass is 9.78. The number of carbonyl (C=O) groups excluding carboxylic acids is 1. The maximum absolute atomic E-state index is 13.7. The van der Waals surface area contributed by atoms with E-state index in [4.69, 9.17) is 9.47 Å². The van der Waals surface area contributed by atoms with Crippen molar-refractivity contribution in [2.75, 3.05) is 24.4 Å². The fourth-order valence-electron chi connectivity index (χ4n) is 4.85. The molecule has 1 heterocycles. The van der Waals surface area contributed by atoms with E-state index < -0.39 is 0 Å². The second-order valence-corrected chi connectivity index (χ2v) is 8.86.